The SMILES string of the molecule is Cc1ccc(-c2noc(CN(C)C(C)c3ccc(-n4cncn4)cc3)n2)cc1. The van der Waals surface area contributed by atoms with E-state index in [1.54, 1.807) is 11.0 Å². The zero-order chi connectivity index (χ0) is 19.5. The van der Waals surface area contributed by atoms with E-state index in [9.17, 15) is 0 Å². The molecule has 0 aliphatic carbocycles. The molecule has 0 amide bonds. The third-order valence-electron chi connectivity index (χ3n) is 4.88. The number of aryl methyl sites for hydroxylation is 1. The Kier molecular flexibility index (Phi) is 4.99. The Morgan fingerprint density at radius 2 is 1.82 bits per heavy atom. The number of rotatable bonds is 6. The van der Waals surface area contributed by atoms with Crippen molar-refractivity contribution in [1.82, 2.24) is 29.8 Å². The van der Waals surface area contributed by atoms with Crippen LogP contribution in [0.25, 0.3) is 17.1 Å². The minimum atomic E-state index is 0.194. The number of benzene rings is 2. The average Bonchev–Trinajstić information content (AvgIpc) is 3.40. The maximum absolute atomic E-state index is 5.45. The van der Waals surface area contributed by atoms with E-state index in [0.29, 0.717) is 18.3 Å². The van der Waals surface area contributed by atoms with Crippen molar-refractivity contribution in [3.63, 3.8) is 0 Å². The maximum atomic E-state index is 5.45. The molecule has 1 unspecified atom stereocenters. The first kappa shape index (κ1) is 18.1. The molecule has 7 nitrogen and oxygen atoms in total. The van der Waals surface area contributed by atoms with Gasteiger partial charge in [-0.3, -0.25) is 4.90 Å². The summed E-state index contributed by atoms with van der Waals surface area (Å²) in [4.78, 5) is 10.7. The Morgan fingerprint density at radius 1 is 1.07 bits per heavy atom. The van der Waals surface area contributed by atoms with Crippen molar-refractivity contribution in [3.8, 4) is 17.1 Å². The quantitative estimate of drug-likeness (QED) is 0.511. The van der Waals surface area contributed by atoms with Gasteiger partial charge in [0.2, 0.25) is 11.7 Å². The molecule has 0 bridgehead atoms. The zero-order valence-corrected chi connectivity index (χ0v) is 16.1. The van der Waals surface area contributed by atoms with Gasteiger partial charge in [0.15, 0.2) is 0 Å². The molecule has 2 aromatic carbocycles. The van der Waals surface area contributed by atoms with Crippen LogP contribution in [-0.2, 0) is 6.54 Å². The van der Waals surface area contributed by atoms with Crippen molar-refractivity contribution in [3.05, 3.63) is 78.2 Å². The van der Waals surface area contributed by atoms with E-state index in [1.165, 1.54) is 17.5 Å². The maximum Gasteiger partial charge on any atom is 0.241 e. The second kappa shape index (κ2) is 7.74. The van der Waals surface area contributed by atoms with Gasteiger partial charge in [0, 0.05) is 11.6 Å². The van der Waals surface area contributed by atoms with Gasteiger partial charge in [-0.15, -0.1) is 0 Å². The van der Waals surface area contributed by atoms with Crippen molar-refractivity contribution in [1.29, 1.82) is 0 Å². The summed E-state index contributed by atoms with van der Waals surface area (Å²) in [5, 5.41) is 8.26. The molecule has 2 aromatic heterocycles. The molecule has 0 spiro atoms. The highest BCUT2D eigenvalue weighted by Crippen LogP contribution is 2.23. The highest BCUT2D eigenvalue weighted by molar-refractivity contribution is 5.54. The number of hydrogen-bond donors (Lipinski definition) is 0. The van der Waals surface area contributed by atoms with Gasteiger partial charge in [-0.2, -0.15) is 10.1 Å². The summed E-state index contributed by atoms with van der Waals surface area (Å²) in [6.07, 6.45) is 3.21. The van der Waals surface area contributed by atoms with E-state index in [0.717, 1.165) is 11.3 Å². The van der Waals surface area contributed by atoms with E-state index >= 15 is 0 Å². The topological polar surface area (TPSA) is 72.9 Å². The van der Waals surface area contributed by atoms with E-state index in [2.05, 4.69) is 51.1 Å². The Morgan fingerprint density at radius 3 is 2.50 bits per heavy atom. The van der Waals surface area contributed by atoms with E-state index in [1.807, 2.05) is 43.4 Å². The predicted molar refractivity (Wildman–Crippen MR) is 106 cm³/mol. The predicted octanol–water partition coefficient (Wildman–Crippen LogP) is 3.82. The van der Waals surface area contributed by atoms with Crippen LogP contribution in [0.4, 0.5) is 0 Å². The molecule has 2 heterocycles. The van der Waals surface area contributed by atoms with Crippen LogP contribution in [0.15, 0.2) is 65.7 Å². The molecular formula is C21H22N6O. The lowest BCUT2D eigenvalue weighted by Gasteiger charge is -2.23. The lowest BCUT2D eigenvalue weighted by molar-refractivity contribution is 0.216. The average molecular weight is 374 g/mol. The molecule has 0 N–H and O–H groups in total. The van der Waals surface area contributed by atoms with Gasteiger partial charge in [-0.05, 0) is 38.6 Å². The van der Waals surface area contributed by atoms with Crippen LogP contribution >= 0.6 is 0 Å². The molecule has 0 saturated carbocycles. The van der Waals surface area contributed by atoms with E-state index < -0.39 is 0 Å². The smallest absolute Gasteiger partial charge is 0.241 e. The monoisotopic (exact) mass is 374 g/mol. The molecule has 0 saturated heterocycles. The molecule has 1 atom stereocenters. The second-order valence-electron chi connectivity index (χ2n) is 6.90. The lowest BCUT2D eigenvalue weighted by Crippen LogP contribution is -2.22. The fourth-order valence-electron chi connectivity index (χ4n) is 2.99. The summed E-state index contributed by atoms with van der Waals surface area (Å²) >= 11 is 0. The van der Waals surface area contributed by atoms with Crippen molar-refractivity contribution < 1.29 is 4.52 Å². The fraction of sp³-hybridized carbons (Fsp3) is 0.238. The Balaban J connectivity index is 1.43. The van der Waals surface area contributed by atoms with Crippen molar-refractivity contribution in [2.75, 3.05) is 7.05 Å². The molecule has 4 rings (SSSR count). The van der Waals surface area contributed by atoms with Gasteiger partial charge in [-0.25, -0.2) is 9.67 Å². The number of hydrogen-bond acceptors (Lipinski definition) is 6. The number of nitrogens with zero attached hydrogens (tertiary/aromatic N) is 6. The summed E-state index contributed by atoms with van der Waals surface area (Å²) in [5.74, 6) is 1.22. The van der Waals surface area contributed by atoms with Gasteiger partial charge in [-0.1, -0.05) is 47.1 Å². The Hall–Kier alpha value is -3.32. The third kappa shape index (κ3) is 3.84. The molecule has 4 aromatic rings. The second-order valence-corrected chi connectivity index (χ2v) is 6.90. The van der Waals surface area contributed by atoms with Crippen LogP contribution in [0.5, 0.6) is 0 Å². The first-order valence-electron chi connectivity index (χ1n) is 9.15. The molecular weight excluding hydrogens is 352 g/mol. The summed E-state index contributed by atoms with van der Waals surface area (Å²) in [6.45, 7) is 4.78. The first-order chi connectivity index (χ1) is 13.6. The van der Waals surface area contributed by atoms with Crippen LogP contribution in [-0.4, -0.2) is 36.9 Å². The highest BCUT2D eigenvalue weighted by Gasteiger charge is 2.16. The molecule has 142 valence electrons. The van der Waals surface area contributed by atoms with E-state index in [4.69, 9.17) is 4.52 Å². The molecule has 7 heteroatoms. The number of aromatic nitrogens is 5. The van der Waals surface area contributed by atoms with Crippen LogP contribution in [0.2, 0.25) is 0 Å². The van der Waals surface area contributed by atoms with Gasteiger partial charge in [0.05, 0.1) is 12.2 Å². The first-order valence-corrected chi connectivity index (χ1v) is 9.15. The Bertz CT molecular complexity index is 1020. The van der Waals surface area contributed by atoms with Gasteiger partial charge in [0.25, 0.3) is 0 Å². The van der Waals surface area contributed by atoms with Crippen molar-refractivity contribution >= 4 is 0 Å². The van der Waals surface area contributed by atoms with Gasteiger partial charge < -0.3 is 4.52 Å². The van der Waals surface area contributed by atoms with Crippen LogP contribution in [0, 0.1) is 6.92 Å². The summed E-state index contributed by atoms with van der Waals surface area (Å²) < 4.78 is 7.19. The van der Waals surface area contributed by atoms with Gasteiger partial charge >= 0.3 is 0 Å². The highest BCUT2D eigenvalue weighted by atomic mass is 16.5. The van der Waals surface area contributed by atoms with Gasteiger partial charge in [0.1, 0.15) is 12.7 Å². The molecule has 28 heavy (non-hydrogen) atoms. The molecule has 0 radical (unpaired) electrons. The molecule has 0 aliphatic heterocycles. The van der Waals surface area contributed by atoms with Crippen LogP contribution < -0.4 is 0 Å². The standard InChI is InChI=1S/C21H22N6O/c1-15-4-6-18(7-5-15)21-24-20(28-25-21)12-26(3)16(2)17-8-10-19(11-9-17)27-14-22-13-23-27/h4-11,13-14,16H,12H2,1-3H3. The van der Waals surface area contributed by atoms with Crippen LogP contribution in [0.1, 0.15) is 30.0 Å². The van der Waals surface area contributed by atoms with E-state index in [-0.39, 0.29) is 6.04 Å². The fourth-order valence-corrected chi connectivity index (χ4v) is 2.99. The van der Waals surface area contributed by atoms with Crippen molar-refractivity contribution in [2.24, 2.45) is 0 Å². The molecule has 0 fully saturated rings. The lowest BCUT2D eigenvalue weighted by atomic mass is 10.1. The summed E-state index contributed by atoms with van der Waals surface area (Å²) in [5.41, 5.74) is 4.34. The summed E-state index contributed by atoms with van der Waals surface area (Å²) in [7, 11) is 2.05. The largest absolute Gasteiger partial charge is 0.338 e. The minimum absolute atomic E-state index is 0.194. The summed E-state index contributed by atoms with van der Waals surface area (Å²) in [6, 6.07) is 16.6. The van der Waals surface area contributed by atoms with Crippen molar-refractivity contribution in [2.45, 2.75) is 26.4 Å². The third-order valence-corrected chi connectivity index (χ3v) is 4.88. The zero-order valence-electron chi connectivity index (χ0n) is 16.1. The minimum Gasteiger partial charge on any atom is -0.338 e. The normalized spacial score (nSPS) is 12.4. The molecule has 0 aliphatic rings. The van der Waals surface area contributed by atoms with Crippen LogP contribution in [0.3, 0.4) is 0 Å². The Labute approximate surface area is 163 Å².